The van der Waals surface area contributed by atoms with E-state index in [1.54, 1.807) is 16.5 Å². The zero-order chi connectivity index (χ0) is 18.1. The number of nitrogens with zero attached hydrogens (tertiary/aromatic N) is 4. The largest absolute Gasteiger partial charge is 0.497 e. The summed E-state index contributed by atoms with van der Waals surface area (Å²) in [6.45, 7) is 0.935. The van der Waals surface area contributed by atoms with Gasteiger partial charge in [0.25, 0.3) is 0 Å². The van der Waals surface area contributed by atoms with Gasteiger partial charge in [-0.25, -0.2) is 9.34 Å². The second-order valence-corrected chi connectivity index (χ2v) is 9.70. The maximum atomic E-state index is 13.7. The van der Waals surface area contributed by atoms with Crippen LogP contribution in [0.15, 0.2) is 24.4 Å². The SMILES string of the molecule is COc1ccc2c(c1)c(CCN(C)C)cn2P(=O)(N(C)C)N(C)C. The predicted octanol–water partition coefficient (Wildman–Crippen LogP) is 2.83. The molecule has 1 heterocycles. The highest BCUT2D eigenvalue weighted by atomic mass is 31.2. The first-order valence-corrected chi connectivity index (χ1v) is 9.57. The van der Waals surface area contributed by atoms with E-state index in [2.05, 4.69) is 19.0 Å². The third-order valence-corrected chi connectivity index (χ3v) is 7.20. The van der Waals surface area contributed by atoms with Crippen molar-refractivity contribution in [3.63, 3.8) is 0 Å². The Morgan fingerprint density at radius 1 is 1.08 bits per heavy atom. The van der Waals surface area contributed by atoms with Crippen molar-refractivity contribution >= 4 is 18.5 Å². The van der Waals surface area contributed by atoms with Crippen LogP contribution >= 0.6 is 7.59 Å². The van der Waals surface area contributed by atoms with Gasteiger partial charge in [-0.15, -0.1) is 0 Å². The number of rotatable bonds is 7. The van der Waals surface area contributed by atoms with Gasteiger partial charge in [-0.05, 0) is 72.5 Å². The number of benzene rings is 1. The summed E-state index contributed by atoms with van der Waals surface area (Å²) in [5, 5.41) is 1.10. The summed E-state index contributed by atoms with van der Waals surface area (Å²) in [5.41, 5.74) is 2.15. The Morgan fingerprint density at radius 2 is 1.71 bits per heavy atom. The number of hydrogen-bond donors (Lipinski definition) is 0. The number of ether oxygens (including phenoxy) is 1. The van der Waals surface area contributed by atoms with Crippen LogP contribution in [0.2, 0.25) is 0 Å². The van der Waals surface area contributed by atoms with Crippen molar-refractivity contribution in [3.8, 4) is 5.75 Å². The summed E-state index contributed by atoms with van der Waals surface area (Å²) in [5.74, 6) is 0.816. The lowest BCUT2D eigenvalue weighted by Crippen LogP contribution is -2.25. The van der Waals surface area contributed by atoms with E-state index in [-0.39, 0.29) is 0 Å². The molecule has 134 valence electrons. The van der Waals surface area contributed by atoms with E-state index >= 15 is 0 Å². The summed E-state index contributed by atoms with van der Waals surface area (Å²) in [4.78, 5) is 2.15. The molecule has 7 heteroatoms. The molecule has 0 atom stereocenters. The summed E-state index contributed by atoms with van der Waals surface area (Å²) in [7, 11) is 10.3. The van der Waals surface area contributed by atoms with Crippen LogP contribution in [-0.2, 0) is 11.0 Å². The van der Waals surface area contributed by atoms with E-state index in [9.17, 15) is 4.57 Å². The second-order valence-electron chi connectivity index (χ2n) is 6.64. The quantitative estimate of drug-likeness (QED) is 0.717. The molecule has 0 N–H and O–H groups in total. The van der Waals surface area contributed by atoms with Gasteiger partial charge in [-0.2, -0.15) is 0 Å². The fourth-order valence-corrected chi connectivity index (χ4v) is 5.12. The van der Waals surface area contributed by atoms with E-state index < -0.39 is 7.59 Å². The predicted molar refractivity (Wildman–Crippen MR) is 101 cm³/mol. The summed E-state index contributed by atoms with van der Waals surface area (Å²) < 4.78 is 24.6. The molecule has 24 heavy (non-hydrogen) atoms. The van der Waals surface area contributed by atoms with Gasteiger partial charge in [0, 0.05) is 18.1 Å². The van der Waals surface area contributed by atoms with E-state index in [1.807, 2.05) is 56.9 Å². The summed E-state index contributed by atoms with van der Waals surface area (Å²) in [6, 6.07) is 5.95. The van der Waals surface area contributed by atoms with E-state index in [0.29, 0.717) is 0 Å². The topological polar surface area (TPSA) is 41.0 Å². The molecule has 6 nitrogen and oxygen atoms in total. The molecule has 2 rings (SSSR count). The average molecular weight is 352 g/mol. The van der Waals surface area contributed by atoms with E-state index in [4.69, 9.17) is 4.74 Å². The average Bonchev–Trinajstić information content (AvgIpc) is 2.89. The zero-order valence-electron chi connectivity index (χ0n) is 15.8. The van der Waals surface area contributed by atoms with Crippen LogP contribution in [-0.4, -0.2) is 74.5 Å². The minimum atomic E-state index is -2.88. The standard InChI is InChI=1S/C17H29N4O2P/c1-18(2)11-10-14-13-21(24(22,19(3)4)20(5)6)17-9-8-15(23-7)12-16(14)17/h8-9,12-13H,10-11H2,1-7H3. The highest BCUT2D eigenvalue weighted by molar-refractivity contribution is 7.57. The van der Waals surface area contributed by atoms with Gasteiger partial charge in [0.1, 0.15) is 5.75 Å². The van der Waals surface area contributed by atoms with Gasteiger partial charge >= 0.3 is 7.59 Å². The number of methoxy groups -OCH3 is 1. The fraction of sp³-hybridized carbons (Fsp3) is 0.529. The van der Waals surface area contributed by atoms with Gasteiger partial charge in [0.15, 0.2) is 0 Å². The first-order chi connectivity index (χ1) is 11.2. The Balaban J connectivity index is 2.68. The van der Waals surface area contributed by atoms with Crippen LogP contribution in [0, 0.1) is 0 Å². The number of likely N-dealkylation sites (N-methyl/N-ethyl adjacent to an activating group) is 1. The van der Waals surface area contributed by atoms with E-state index in [0.717, 1.165) is 29.6 Å². The molecule has 1 aromatic heterocycles. The third kappa shape index (κ3) is 3.38. The van der Waals surface area contributed by atoms with Gasteiger partial charge < -0.3 is 9.64 Å². The molecule has 0 fully saturated rings. The van der Waals surface area contributed by atoms with Crippen LogP contribution in [0.5, 0.6) is 5.75 Å². The van der Waals surface area contributed by atoms with Gasteiger partial charge in [0.05, 0.1) is 12.6 Å². The minimum Gasteiger partial charge on any atom is -0.497 e. The first kappa shape index (κ1) is 19.0. The Hall–Kier alpha value is -1.33. The highest BCUT2D eigenvalue weighted by Crippen LogP contribution is 2.53. The fourth-order valence-electron chi connectivity index (χ4n) is 2.89. The van der Waals surface area contributed by atoms with Crippen LogP contribution in [0.25, 0.3) is 10.9 Å². The van der Waals surface area contributed by atoms with Crippen LogP contribution < -0.4 is 4.74 Å². The van der Waals surface area contributed by atoms with Crippen molar-refractivity contribution in [1.29, 1.82) is 0 Å². The molecule has 2 aromatic rings. The van der Waals surface area contributed by atoms with Crippen molar-refractivity contribution in [1.82, 2.24) is 18.6 Å². The van der Waals surface area contributed by atoms with Gasteiger partial charge in [-0.3, -0.25) is 8.90 Å². The van der Waals surface area contributed by atoms with Crippen LogP contribution in [0.1, 0.15) is 5.56 Å². The number of fused-ring (bicyclic) bond motifs is 1. The first-order valence-electron chi connectivity index (χ1n) is 8.01. The molecular formula is C17H29N4O2P. The molecule has 1 aromatic carbocycles. The molecular weight excluding hydrogens is 323 g/mol. The van der Waals surface area contributed by atoms with Gasteiger partial charge in [0.2, 0.25) is 0 Å². The Bertz CT molecular complexity index is 740. The minimum absolute atomic E-state index is 0.816. The number of hydrogen-bond acceptors (Lipinski definition) is 3. The highest BCUT2D eigenvalue weighted by Gasteiger charge is 2.32. The third-order valence-electron chi connectivity index (χ3n) is 4.23. The summed E-state index contributed by atoms with van der Waals surface area (Å²) >= 11 is 0. The van der Waals surface area contributed by atoms with Crippen molar-refractivity contribution < 1.29 is 9.30 Å². The van der Waals surface area contributed by atoms with Crippen LogP contribution in [0.4, 0.5) is 0 Å². The molecule has 0 saturated heterocycles. The second kappa shape index (κ2) is 7.28. The molecule has 0 aliphatic heterocycles. The normalized spacial score (nSPS) is 12.8. The van der Waals surface area contributed by atoms with Crippen molar-refractivity contribution in [2.75, 3.05) is 55.9 Å². The molecule has 0 saturated carbocycles. The van der Waals surface area contributed by atoms with Crippen molar-refractivity contribution in [2.24, 2.45) is 0 Å². The van der Waals surface area contributed by atoms with Gasteiger partial charge in [-0.1, -0.05) is 0 Å². The molecule has 0 bridgehead atoms. The molecule has 0 aliphatic rings. The lowest BCUT2D eigenvalue weighted by molar-refractivity contribution is 0.413. The monoisotopic (exact) mass is 352 g/mol. The van der Waals surface area contributed by atoms with E-state index in [1.165, 1.54) is 5.56 Å². The zero-order valence-corrected chi connectivity index (χ0v) is 16.7. The Kier molecular flexibility index (Phi) is 5.76. The van der Waals surface area contributed by atoms with Crippen molar-refractivity contribution in [2.45, 2.75) is 6.42 Å². The molecule has 0 radical (unpaired) electrons. The maximum Gasteiger partial charge on any atom is 0.314 e. The van der Waals surface area contributed by atoms with Crippen LogP contribution in [0.3, 0.4) is 0 Å². The summed E-state index contributed by atoms with van der Waals surface area (Å²) in [6.07, 6.45) is 2.93. The smallest absolute Gasteiger partial charge is 0.314 e. The number of aromatic nitrogens is 1. The lowest BCUT2D eigenvalue weighted by Gasteiger charge is -2.31. The molecule has 0 aliphatic carbocycles. The molecule has 0 unspecified atom stereocenters. The maximum absolute atomic E-state index is 13.7. The van der Waals surface area contributed by atoms with Crippen molar-refractivity contribution in [3.05, 3.63) is 30.0 Å². The molecule has 0 spiro atoms. The Labute approximate surface area is 145 Å². The molecule has 0 amide bonds. The lowest BCUT2D eigenvalue weighted by atomic mass is 10.1. The Morgan fingerprint density at radius 3 is 2.21 bits per heavy atom.